The first kappa shape index (κ1) is 19.6. The molecule has 1 heterocycles. The molecule has 3 rings (SSSR count). The Morgan fingerprint density at radius 3 is 1.96 bits per heavy atom. The second-order valence-electron chi connectivity index (χ2n) is 8.45. The zero-order valence-electron chi connectivity index (χ0n) is 16.7. The van der Waals surface area contributed by atoms with E-state index in [-0.39, 0.29) is 23.9 Å². The second kappa shape index (κ2) is 8.70. The maximum absolute atomic E-state index is 12.9. The number of carbonyl (C=O) groups excluding carboxylic acids is 2. The summed E-state index contributed by atoms with van der Waals surface area (Å²) in [7, 11) is 1.98. The van der Waals surface area contributed by atoms with Crippen LogP contribution in [-0.4, -0.2) is 83.9 Å². The first-order valence-corrected chi connectivity index (χ1v) is 10.5. The normalized spacial score (nSPS) is 25.5. The molecule has 0 aromatic carbocycles. The first-order chi connectivity index (χ1) is 12.5. The van der Waals surface area contributed by atoms with Crippen LogP contribution in [0.1, 0.15) is 58.8 Å². The van der Waals surface area contributed by atoms with Gasteiger partial charge in [-0.05, 0) is 39.5 Å². The number of nitrogens with one attached hydrogen (secondary N) is 1. The van der Waals surface area contributed by atoms with Gasteiger partial charge in [0.15, 0.2) is 0 Å². The lowest BCUT2D eigenvalue weighted by Gasteiger charge is -2.41. The standard InChI is InChI=1S/C20H36N4O2/c1-15(19(25)21-17-9-10-17)23-11-13-24(14-12-23)16(2)20(26)22(3)18-7-5-4-6-8-18/h15-18H,4-14H2,1-3H3,(H,21,25). The first-order valence-electron chi connectivity index (χ1n) is 10.5. The number of carbonyl (C=O) groups is 2. The molecule has 6 heteroatoms. The minimum Gasteiger partial charge on any atom is -0.352 e. The Morgan fingerprint density at radius 2 is 1.42 bits per heavy atom. The fourth-order valence-corrected chi connectivity index (χ4v) is 4.33. The maximum atomic E-state index is 12.9. The Bertz CT molecular complexity index is 494. The predicted octanol–water partition coefficient (Wildman–Crippen LogP) is 1.45. The number of hydrogen-bond acceptors (Lipinski definition) is 4. The molecule has 6 nitrogen and oxygen atoms in total. The fraction of sp³-hybridized carbons (Fsp3) is 0.900. The molecule has 1 saturated heterocycles. The average molecular weight is 365 g/mol. The highest BCUT2D eigenvalue weighted by Gasteiger charge is 2.33. The molecule has 0 spiro atoms. The Hall–Kier alpha value is -1.14. The topological polar surface area (TPSA) is 55.9 Å². The summed E-state index contributed by atoms with van der Waals surface area (Å²) in [5.74, 6) is 0.409. The quantitative estimate of drug-likeness (QED) is 0.775. The third-order valence-corrected chi connectivity index (χ3v) is 6.57. The molecule has 0 aromatic rings. The molecular formula is C20H36N4O2. The van der Waals surface area contributed by atoms with Crippen LogP contribution in [0.5, 0.6) is 0 Å². The Balaban J connectivity index is 1.45. The van der Waals surface area contributed by atoms with Crippen LogP contribution in [0.15, 0.2) is 0 Å². The van der Waals surface area contributed by atoms with Gasteiger partial charge >= 0.3 is 0 Å². The summed E-state index contributed by atoms with van der Waals surface area (Å²) in [6.45, 7) is 7.45. The molecule has 148 valence electrons. The van der Waals surface area contributed by atoms with Crippen molar-refractivity contribution < 1.29 is 9.59 Å². The molecular weight excluding hydrogens is 328 g/mol. The molecule has 2 amide bonds. The van der Waals surface area contributed by atoms with Gasteiger partial charge in [0.25, 0.3) is 0 Å². The van der Waals surface area contributed by atoms with Crippen molar-refractivity contribution in [1.82, 2.24) is 20.0 Å². The highest BCUT2D eigenvalue weighted by molar-refractivity contribution is 5.82. The van der Waals surface area contributed by atoms with Crippen molar-refractivity contribution in [3.8, 4) is 0 Å². The van der Waals surface area contributed by atoms with Crippen LogP contribution >= 0.6 is 0 Å². The number of likely N-dealkylation sites (N-methyl/N-ethyl adjacent to an activating group) is 1. The number of piperazine rings is 1. The summed E-state index contributed by atoms with van der Waals surface area (Å²) in [4.78, 5) is 31.7. The van der Waals surface area contributed by atoms with Crippen LogP contribution in [0.25, 0.3) is 0 Å². The molecule has 3 fully saturated rings. The molecule has 26 heavy (non-hydrogen) atoms. The van der Waals surface area contributed by atoms with Crippen molar-refractivity contribution in [3.05, 3.63) is 0 Å². The van der Waals surface area contributed by atoms with Crippen LogP contribution < -0.4 is 5.32 Å². The number of nitrogens with zero attached hydrogens (tertiary/aromatic N) is 3. The van der Waals surface area contributed by atoms with Gasteiger partial charge in [-0.2, -0.15) is 0 Å². The Kier molecular flexibility index (Phi) is 6.56. The molecule has 2 unspecified atom stereocenters. The van der Waals surface area contributed by atoms with E-state index in [4.69, 9.17) is 0 Å². The van der Waals surface area contributed by atoms with E-state index in [9.17, 15) is 9.59 Å². The largest absolute Gasteiger partial charge is 0.352 e. The van der Waals surface area contributed by atoms with Crippen LogP contribution in [0, 0.1) is 0 Å². The molecule has 2 saturated carbocycles. The van der Waals surface area contributed by atoms with Gasteiger partial charge in [0.2, 0.25) is 11.8 Å². The van der Waals surface area contributed by atoms with Crippen molar-refractivity contribution in [1.29, 1.82) is 0 Å². The average Bonchev–Trinajstić information content (AvgIpc) is 3.50. The van der Waals surface area contributed by atoms with Gasteiger partial charge in [-0.25, -0.2) is 0 Å². The van der Waals surface area contributed by atoms with Crippen LogP contribution in [0.2, 0.25) is 0 Å². The van der Waals surface area contributed by atoms with Crippen LogP contribution in [-0.2, 0) is 9.59 Å². The molecule has 0 radical (unpaired) electrons. The van der Waals surface area contributed by atoms with E-state index in [1.165, 1.54) is 19.3 Å². The third-order valence-electron chi connectivity index (χ3n) is 6.57. The Labute approximate surface area is 158 Å². The third kappa shape index (κ3) is 4.77. The summed E-state index contributed by atoms with van der Waals surface area (Å²) < 4.78 is 0. The summed E-state index contributed by atoms with van der Waals surface area (Å²) in [6.07, 6.45) is 8.35. The monoisotopic (exact) mass is 364 g/mol. The Morgan fingerprint density at radius 1 is 0.885 bits per heavy atom. The molecule has 1 N–H and O–H groups in total. The van der Waals surface area contributed by atoms with Crippen LogP contribution in [0.3, 0.4) is 0 Å². The van der Waals surface area contributed by atoms with Crippen molar-refractivity contribution >= 4 is 11.8 Å². The summed E-state index contributed by atoms with van der Waals surface area (Å²) in [6, 6.07) is 0.693. The minimum atomic E-state index is -0.0753. The highest BCUT2D eigenvalue weighted by Crippen LogP contribution is 2.23. The lowest BCUT2D eigenvalue weighted by Crippen LogP contribution is -2.58. The van der Waals surface area contributed by atoms with Gasteiger partial charge in [-0.15, -0.1) is 0 Å². The number of hydrogen-bond donors (Lipinski definition) is 1. The lowest BCUT2D eigenvalue weighted by atomic mass is 9.94. The molecule has 0 aromatic heterocycles. The van der Waals surface area contributed by atoms with Gasteiger partial charge in [-0.1, -0.05) is 19.3 Å². The smallest absolute Gasteiger partial charge is 0.239 e. The molecule has 2 atom stereocenters. The number of amides is 2. The van der Waals surface area contributed by atoms with E-state index in [0.717, 1.165) is 51.9 Å². The second-order valence-corrected chi connectivity index (χ2v) is 8.45. The summed E-state index contributed by atoms with van der Waals surface area (Å²) in [5.41, 5.74) is 0. The molecule has 3 aliphatic rings. The van der Waals surface area contributed by atoms with Crippen molar-refractivity contribution in [2.75, 3.05) is 33.2 Å². The van der Waals surface area contributed by atoms with Gasteiger partial charge in [0, 0.05) is 45.3 Å². The van der Waals surface area contributed by atoms with Gasteiger partial charge in [-0.3, -0.25) is 19.4 Å². The molecule has 0 bridgehead atoms. The SMILES string of the molecule is CC(C(=O)NC1CC1)N1CCN(C(C)C(=O)N(C)C2CCCCC2)CC1. The van der Waals surface area contributed by atoms with E-state index >= 15 is 0 Å². The van der Waals surface area contributed by atoms with Gasteiger partial charge < -0.3 is 10.2 Å². The van der Waals surface area contributed by atoms with Gasteiger partial charge in [0.1, 0.15) is 0 Å². The summed E-state index contributed by atoms with van der Waals surface area (Å²) >= 11 is 0. The van der Waals surface area contributed by atoms with E-state index in [0.29, 0.717) is 12.1 Å². The fourth-order valence-electron chi connectivity index (χ4n) is 4.33. The zero-order valence-corrected chi connectivity index (χ0v) is 16.7. The highest BCUT2D eigenvalue weighted by atomic mass is 16.2. The van der Waals surface area contributed by atoms with E-state index in [1.54, 1.807) is 0 Å². The number of rotatable bonds is 6. The van der Waals surface area contributed by atoms with E-state index in [1.807, 2.05) is 25.8 Å². The van der Waals surface area contributed by atoms with E-state index in [2.05, 4.69) is 15.1 Å². The van der Waals surface area contributed by atoms with Crippen molar-refractivity contribution in [3.63, 3.8) is 0 Å². The molecule has 1 aliphatic heterocycles. The van der Waals surface area contributed by atoms with Crippen molar-refractivity contribution in [2.45, 2.75) is 83.0 Å². The van der Waals surface area contributed by atoms with Crippen LogP contribution in [0.4, 0.5) is 0 Å². The predicted molar refractivity (Wildman–Crippen MR) is 103 cm³/mol. The van der Waals surface area contributed by atoms with E-state index < -0.39 is 0 Å². The summed E-state index contributed by atoms with van der Waals surface area (Å²) in [5, 5.41) is 3.10. The minimum absolute atomic E-state index is 0.0697. The zero-order chi connectivity index (χ0) is 18.7. The van der Waals surface area contributed by atoms with Gasteiger partial charge in [0.05, 0.1) is 12.1 Å². The van der Waals surface area contributed by atoms with Crippen molar-refractivity contribution in [2.24, 2.45) is 0 Å². The lowest BCUT2D eigenvalue weighted by molar-refractivity contribution is -0.139. The maximum Gasteiger partial charge on any atom is 0.239 e. The molecule has 2 aliphatic carbocycles.